The lowest BCUT2D eigenvalue weighted by molar-refractivity contribution is 0.125. The summed E-state index contributed by atoms with van der Waals surface area (Å²) in [4.78, 5) is 8.80. The molecule has 0 amide bonds. The fourth-order valence-corrected chi connectivity index (χ4v) is 14.3. The molecule has 62 heavy (non-hydrogen) atoms. The maximum absolute atomic E-state index is 5.81. The summed E-state index contributed by atoms with van der Waals surface area (Å²) in [6, 6.07) is 12.9. The smallest absolute Gasteiger partial charge is 0.0566 e. The zero-order valence-electron chi connectivity index (χ0n) is 37.0. The molecule has 12 rings (SSSR count). The van der Waals surface area contributed by atoms with E-state index in [9.17, 15) is 0 Å². The first-order valence-electron chi connectivity index (χ1n) is 25.3. The van der Waals surface area contributed by atoms with Gasteiger partial charge in [0.25, 0.3) is 0 Å². The third-order valence-electron chi connectivity index (χ3n) is 17.2. The molecular weight excluding hydrogens is 751 g/mol. The Hall–Kier alpha value is -4.63. The van der Waals surface area contributed by atoms with Crippen LogP contribution in [0.25, 0.3) is 12.2 Å². The van der Waals surface area contributed by atoms with E-state index >= 15 is 0 Å². The normalized spacial score (nSPS) is 33.6. The van der Waals surface area contributed by atoms with E-state index in [0.717, 1.165) is 37.5 Å². The van der Waals surface area contributed by atoms with Crippen LogP contribution < -0.4 is 0 Å². The van der Waals surface area contributed by atoms with Crippen molar-refractivity contribution in [1.29, 1.82) is 0 Å². The minimum Gasteiger partial charge on any atom is -0.368 e. The first-order chi connectivity index (χ1) is 30.7. The number of aliphatic imine (C=N–C) groups is 1. The first-order valence-corrected chi connectivity index (χ1v) is 25.3. The molecule has 2 saturated carbocycles. The van der Waals surface area contributed by atoms with Crippen molar-refractivity contribution in [3.63, 3.8) is 0 Å². The summed E-state index contributed by atoms with van der Waals surface area (Å²) in [6.45, 7) is 0. The molecule has 0 bridgehead atoms. The molecule has 0 saturated heterocycles. The Morgan fingerprint density at radius 1 is 0.677 bits per heavy atom. The average molecular weight is 818 g/mol. The van der Waals surface area contributed by atoms with Crippen molar-refractivity contribution in [1.82, 2.24) is 9.47 Å². The highest BCUT2D eigenvalue weighted by Crippen LogP contribution is 2.50. The van der Waals surface area contributed by atoms with Gasteiger partial charge in [0.1, 0.15) is 0 Å². The van der Waals surface area contributed by atoms with E-state index < -0.39 is 0 Å². The standard InChI is InChI=1S/C59H67N3/c1-2-15-40(16-3-1)43-17-12-18-44(35-43)41-31-33-42(34-32-41)47-38-54(45-19-13-21-48(36-45)61-56-27-8-4-23-50(56)51-24-5-9-28-57(51)61)60-55(39-47)46-20-14-22-49(37-46)62-58-29-10-6-25-52(58)53-26-7-11-30-59(53)62/h1-4,10-11,13-16,19-20,22-23,29-31,33-34,38,41,43-45,47-49,51,57H,5-9,12,17-18,21,24-28,32,35-37,39H2. The molecule has 3 nitrogen and oxygen atoms in total. The largest absolute Gasteiger partial charge is 0.368 e. The number of hydrogen-bond donors (Lipinski definition) is 0. The Balaban J connectivity index is 0.838. The van der Waals surface area contributed by atoms with E-state index in [4.69, 9.17) is 4.99 Å². The van der Waals surface area contributed by atoms with E-state index in [1.165, 1.54) is 130 Å². The van der Waals surface area contributed by atoms with Crippen molar-refractivity contribution in [3.8, 4) is 0 Å². The van der Waals surface area contributed by atoms with Crippen molar-refractivity contribution < 1.29 is 0 Å². The molecule has 1 aromatic heterocycles. The third kappa shape index (κ3) is 7.14. The molecule has 3 heterocycles. The Kier molecular flexibility index (Phi) is 10.6. The fourth-order valence-electron chi connectivity index (χ4n) is 14.3. The molecule has 0 N–H and O–H groups in total. The van der Waals surface area contributed by atoms with Gasteiger partial charge >= 0.3 is 0 Å². The van der Waals surface area contributed by atoms with Crippen molar-refractivity contribution in [2.45, 2.75) is 146 Å². The van der Waals surface area contributed by atoms with Gasteiger partial charge in [-0.1, -0.05) is 129 Å². The van der Waals surface area contributed by atoms with Crippen LogP contribution in [0.15, 0.2) is 142 Å². The highest BCUT2D eigenvalue weighted by atomic mass is 15.2. The number of allylic oxidation sites excluding steroid dienone is 15. The molecule has 2 fully saturated rings. The summed E-state index contributed by atoms with van der Waals surface area (Å²) in [5.74, 6) is 3.60. The van der Waals surface area contributed by atoms with Gasteiger partial charge in [-0.2, -0.15) is 0 Å². The lowest BCUT2D eigenvalue weighted by atomic mass is 9.70. The van der Waals surface area contributed by atoms with Crippen LogP contribution >= 0.6 is 0 Å². The van der Waals surface area contributed by atoms with Crippen LogP contribution in [0.2, 0.25) is 0 Å². The van der Waals surface area contributed by atoms with Crippen molar-refractivity contribution in [2.24, 2.45) is 34.6 Å². The summed E-state index contributed by atoms with van der Waals surface area (Å²) in [5.41, 5.74) is 16.7. The van der Waals surface area contributed by atoms with Gasteiger partial charge in [-0.3, -0.25) is 4.99 Å². The number of fused-ring (bicyclic) bond motifs is 5. The van der Waals surface area contributed by atoms with E-state index in [0.29, 0.717) is 41.8 Å². The predicted octanol–water partition coefficient (Wildman–Crippen LogP) is 14.5. The van der Waals surface area contributed by atoms with Gasteiger partial charge in [-0.05, 0) is 160 Å². The fraction of sp³-hybridized carbons (Fsp3) is 0.475. The maximum atomic E-state index is 5.81. The number of benzene rings is 1. The molecular formula is C59H67N3. The van der Waals surface area contributed by atoms with Crippen LogP contribution in [-0.4, -0.2) is 27.3 Å². The number of rotatable bonds is 7. The zero-order chi connectivity index (χ0) is 41.0. The highest BCUT2D eigenvalue weighted by Gasteiger charge is 2.45. The Labute approximate surface area is 371 Å². The molecule has 1 aromatic carbocycles. The summed E-state index contributed by atoms with van der Waals surface area (Å²) >= 11 is 0. The molecule has 0 radical (unpaired) electrons. The minimum absolute atomic E-state index is 0.308. The van der Waals surface area contributed by atoms with Gasteiger partial charge in [-0.15, -0.1) is 0 Å². The van der Waals surface area contributed by atoms with Crippen molar-refractivity contribution in [2.75, 3.05) is 0 Å². The van der Waals surface area contributed by atoms with Gasteiger partial charge in [0.05, 0.1) is 6.04 Å². The van der Waals surface area contributed by atoms with Gasteiger partial charge in [0.15, 0.2) is 0 Å². The maximum Gasteiger partial charge on any atom is 0.0566 e. The minimum atomic E-state index is 0.308. The zero-order valence-corrected chi connectivity index (χ0v) is 37.0. The van der Waals surface area contributed by atoms with E-state index in [1.807, 2.05) is 0 Å². The second-order valence-corrected chi connectivity index (χ2v) is 20.7. The first kappa shape index (κ1) is 39.0. The van der Waals surface area contributed by atoms with Crippen molar-refractivity contribution >= 4 is 17.9 Å². The monoisotopic (exact) mass is 818 g/mol. The molecule has 2 aromatic rings. The van der Waals surface area contributed by atoms with Gasteiger partial charge in [-0.25, -0.2) is 0 Å². The number of aromatic nitrogens is 1. The van der Waals surface area contributed by atoms with E-state index in [1.54, 1.807) is 28.0 Å². The molecule has 3 heteroatoms. The lowest BCUT2D eigenvalue weighted by Gasteiger charge is -2.43. The number of nitrogens with zero attached hydrogens (tertiary/aromatic N) is 3. The van der Waals surface area contributed by atoms with E-state index in [2.05, 4.69) is 131 Å². The van der Waals surface area contributed by atoms with Crippen LogP contribution in [0, 0.1) is 29.6 Å². The van der Waals surface area contributed by atoms with Gasteiger partial charge in [0, 0.05) is 64.8 Å². The van der Waals surface area contributed by atoms with Gasteiger partial charge in [0.2, 0.25) is 0 Å². The molecule has 2 aliphatic heterocycles. The average Bonchev–Trinajstić information content (AvgIpc) is 3.87. The summed E-state index contributed by atoms with van der Waals surface area (Å²) in [6.07, 6.45) is 61.1. The second kappa shape index (κ2) is 16.8. The highest BCUT2D eigenvalue weighted by molar-refractivity contribution is 6.02. The van der Waals surface area contributed by atoms with Crippen LogP contribution in [0.5, 0.6) is 0 Å². The second-order valence-electron chi connectivity index (χ2n) is 20.7. The Morgan fingerprint density at radius 3 is 2.34 bits per heavy atom. The molecule has 9 unspecified atom stereocenters. The SMILES string of the molecule is C1=CC(n2c3c(c4c2C=CCC4)CCC=C3)CC(C2=NC(C3C=CCC(N4C5=C(C=CCC5)C5CCCCC54)C3)=CC(C3=CCC(C4CCCC(c5ccccc5)C4)C=C3)C2)=C1. The summed E-state index contributed by atoms with van der Waals surface area (Å²) in [7, 11) is 0. The van der Waals surface area contributed by atoms with Crippen LogP contribution in [-0.2, 0) is 12.8 Å². The third-order valence-corrected chi connectivity index (χ3v) is 17.2. The summed E-state index contributed by atoms with van der Waals surface area (Å²) < 4.78 is 2.70. The Morgan fingerprint density at radius 2 is 1.50 bits per heavy atom. The molecule has 9 atom stereocenters. The Bertz CT molecular complexity index is 2370. The van der Waals surface area contributed by atoms with Crippen LogP contribution in [0.4, 0.5) is 0 Å². The molecule has 8 aliphatic carbocycles. The van der Waals surface area contributed by atoms with Crippen LogP contribution in [0.3, 0.4) is 0 Å². The van der Waals surface area contributed by atoms with E-state index in [-0.39, 0.29) is 0 Å². The molecule has 0 spiro atoms. The van der Waals surface area contributed by atoms with Crippen LogP contribution in [0.1, 0.15) is 149 Å². The molecule has 318 valence electrons. The number of hydrogen-bond acceptors (Lipinski definition) is 2. The lowest BCUT2D eigenvalue weighted by Crippen LogP contribution is -2.44. The molecule has 10 aliphatic rings. The van der Waals surface area contributed by atoms with Gasteiger partial charge < -0.3 is 9.47 Å². The quantitative estimate of drug-likeness (QED) is 0.255. The topological polar surface area (TPSA) is 20.5 Å². The predicted molar refractivity (Wildman–Crippen MR) is 259 cm³/mol. The van der Waals surface area contributed by atoms with Crippen molar-refractivity contribution in [3.05, 3.63) is 166 Å². The summed E-state index contributed by atoms with van der Waals surface area (Å²) in [5, 5.41) is 0.